The quantitative estimate of drug-likeness (QED) is 0.448. The van der Waals surface area contributed by atoms with Crippen molar-refractivity contribution in [3.63, 3.8) is 0 Å². The maximum absolute atomic E-state index is 11.3. The van der Waals surface area contributed by atoms with Crippen LogP contribution >= 0.6 is 0 Å². The van der Waals surface area contributed by atoms with Gasteiger partial charge in [0.05, 0.1) is 0 Å². The molecular formula is C7H6N4O3. The van der Waals surface area contributed by atoms with Crippen molar-refractivity contribution in [3.05, 3.63) is 36.9 Å². The molecule has 14 heavy (non-hydrogen) atoms. The Morgan fingerprint density at radius 1 is 0.929 bits per heavy atom. The van der Waals surface area contributed by atoms with E-state index in [4.69, 9.17) is 0 Å². The van der Waals surface area contributed by atoms with Crippen molar-refractivity contribution >= 4 is 11.2 Å². The zero-order chi connectivity index (χ0) is 10.3. The Morgan fingerprint density at radius 3 is 2.29 bits per heavy atom. The molecule has 0 spiro atoms. The fraction of sp³-hybridized carbons (Fsp3) is 0.143. The van der Waals surface area contributed by atoms with E-state index in [9.17, 15) is 14.4 Å². The second-order valence-electron chi connectivity index (χ2n) is 2.78. The second-order valence-corrected chi connectivity index (χ2v) is 2.78. The molecule has 0 aliphatic carbocycles. The first-order valence-electron chi connectivity index (χ1n) is 3.81. The topological polar surface area (TPSA) is 111 Å². The lowest BCUT2D eigenvalue weighted by molar-refractivity contribution is 1.00. The summed E-state index contributed by atoms with van der Waals surface area (Å²) >= 11 is 0. The summed E-state index contributed by atoms with van der Waals surface area (Å²) in [5, 5.41) is 0. The highest BCUT2D eigenvalue weighted by atomic mass is 16.2. The van der Waals surface area contributed by atoms with Crippen LogP contribution in [0, 0.1) is 6.92 Å². The molecule has 7 nitrogen and oxygen atoms in total. The molecule has 0 aliphatic heterocycles. The van der Waals surface area contributed by atoms with Gasteiger partial charge in [-0.25, -0.2) is 4.98 Å². The third-order valence-corrected chi connectivity index (χ3v) is 1.71. The maximum atomic E-state index is 11.3. The van der Waals surface area contributed by atoms with E-state index in [1.54, 1.807) is 6.92 Å². The van der Waals surface area contributed by atoms with Gasteiger partial charge < -0.3 is 15.0 Å². The Morgan fingerprint density at radius 2 is 1.57 bits per heavy atom. The van der Waals surface area contributed by atoms with E-state index in [2.05, 4.69) is 19.9 Å². The van der Waals surface area contributed by atoms with Crippen LogP contribution in [0.3, 0.4) is 0 Å². The van der Waals surface area contributed by atoms with Crippen molar-refractivity contribution in [1.82, 2.24) is 19.9 Å². The van der Waals surface area contributed by atoms with Crippen molar-refractivity contribution in [2.24, 2.45) is 0 Å². The third kappa shape index (κ3) is 1.15. The average Bonchev–Trinajstić information content (AvgIpc) is 2.08. The van der Waals surface area contributed by atoms with Crippen molar-refractivity contribution in [3.8, 4) is 0 Å². The van der Waals surface area contributed by atoms with Crippen molar-refractivity contribution in [1.29, 1.82) is 0 Å². The molecule has 72 valence electrons. The number of hydrogen-bond donors (Lipinski definition) is 3. The normalized spacial score (nSPS) is 10.6. The molecule has 2 aromatic rings. The maximum Gasteiger partial charge on any atom is 0.315 e. The van der Waals surface area contributed by atoms with Crippen LogP contribution in [0.1, 0.15) is 5.82 Å². The lowest BCUT2D eigenvalue weighted by Gasteiger charge is -1.96. The minimum Gasteiger partial charge on any atom is -0.310 e. The Hall–Kier alpha value is -2.18. The Labute approximate surface area is 75.8 Å². The van der Waals surface area contributed by atoms with Gasteiger partial charge in [-0.15, -0.1) is 0 Å². The van der Waals surface area contributed by atoms with E-state index in [1.165, 1.54) is 0 Å². The SMILES string of the molecule is Cc1nc2[nH]c(=O)c(=O)[nH]c2c(=O)[nH]1. The van der Waals surface area contributed by atoms with Crippen LogP contribution in [-0.2, 0) is 0 Å². The van der Waals surface area contributed by atoms with Gasteiger partial charge in [0.1, 0.15) is 5.82 Å². The van der Waals surface area contributed by atoms with E-state index in [1.807, 2.05) is 0 Å². The summed E-state index contributed by atoms with van der Waals surface area (Å²) in [6, 6.07) is 0. The fourth-order valence-corrected chi connectivity index (χ4v) is 1.13. The van der Waals surface area contributed by atoms with Crippen LogP contribution < -0.4 is 16.7 Å². The first-order chi connectivity index (χ1) is 6.58. The number of nitrogens with zero attached hydrogens (tertiary/aromatic N) is 1. The highest BCUT2D eigenvalue weighted by molar-refractivity contribution is 5.67. The molecule has 0 bridgehead atoms. The molecule has 0 fully saturated rings. The van der Waals surface area contributed by atoms with Gasteiger partial charge in [-0.2, -0.15) is 0 Å². The number of hydrogen-bond acceptors (Lipinski definition) is 4. The number of rotatable bonds is 0. The lowest BCUT2D eigenvalue weighted by atomic mass is 10.5. The van der Waals surface area contributed by atoms with Crippen molar-refractivity contribution in [2.75, 3.05) is 0 Å². The Bertz CT molecular complexity index is 663. The molecule has 0 radical (unpaired) electrons. The van der Waals surface area contributed by atoms with Gasteiger partial charge in [-0.3, -0.25) is 14.4 Å². The molecule has 0 saturated carbocycles. The minimum absolute atomic E-state index is 0.0276. The molecule has 0 saturated heterocycles. The van der Waals surface area contributed by atoms with Crippen LogP contribution in [0.5, 0.6) is 0 Å². The van der Waals surface area contributed by atoms with E-state index in [-0.39, 0.29) is 11.2 Å². The van der Waals surface area contributed by atoms with Gasteiger partial charge in [0.15, 0.2) is 11.2 Å². The number of nitrogens with one attached hydrogen (secondary N) is 3. The van der Waals surface area contributed by atoms with Crippen molar-refractivity contribution in [2.45, 2.75) is 6.92 Å². The summed E-state index contributed by atoms with van der Waals surface area (Å²) in [6.45, 7) is 1.57. The number of fused-ring (bicyclic) bond motifs is 1. The predicted octanol–water partition coefficient (Wildman–Crippen LogP) is -1.39. The number of H-pyrrole nitrogens is 3. The Balaban J connectivity index is 3.11. The first kappa shape index (κ1) is 8.42. The third-order valence-electron chi connectivity index (χ3n) is 1.71. The predicted molar refractivity (Wildman–Crippen MR) is 48.3 cm³/mol. The van der Waals surface area contributed by atoms with Crippen LogP contribution in [0.2, 0.25) is 0 Å². The highest BCUT2D eigenvalue weighted by Gasteiger charge is 2.04. The van der Waals surface area contributed by atoms with E-state index < -0.39 is 16.7 Å². The zero-order valence-corrected chi connectivity index (χ0v) is 7.17. The summed E-state index contributed by atoms with van der Waals surface area (Å²) < 4.78 is 0. The lowest BCUT2D eigenvalue weighted by Crippen LogP contribution is -2.31. The minimum atomic E-state index is -0.867. The summed E-state index contributed by atoms with van der Waals surface area (Å²) in [6.07, 6.45) is 0. The molecule has 0 amide bonds. The number of aromatic amines is 3. The number of aromatic nitrogens is 4. The molecule has 0 aromatic carbocycles. The molecular weight excluding hydrogens is 188 g/mol. The molecule has 2 aromatic heterocycles. The molecule has 0 aliphatic rings. The van der Waals surface area contributed by atoms with Gasteiger partial charge in [0.25, 0.3) is 5.56 Å². The van der Waals surface area contributed by atoms with Gasteiger partial charge >= 0.3 is 11.1 Å². The molecule has 2 heterocycles. The highest BCUT2D eigenvalue weighted by Crippen LogP contribution is 1.93. The van der Waals surface area contributed by atoms with E-state index >= 15 is 0 Å². The number of aryl methyl sites for hydroxylation is 1. The van der Waals surface area contributed by atoms with Crippen LogP contribution in [0.4, 0.5) is 0 Å². The van der Waals surface area contributed by atoms with Crippen molar-refractivity contribution < 1.29 is 0 Å². The molecule has 3 N–H and O–H groups in total. The summed E-state index contributed by atoms with van der Waals surface area (Å²) in [4.78, 5) is 43.7. The summed E-state index contributed by atoms with van der Waals surface area (Å²) in [5.41, 5.74) is -2.12. The van der Waals surface area contributed by atoms with Crippen LogP contribution in [0.15, 0.2) is 14.4 Å². The van der Waals surface area contributed by atoms with Crippen LogP contribution in [0.25, 0.3) is 11.2 Å². The molecule has 2 rings (SSSR count). The van der Waals surface area contributed by atoms with E-state index in [0.29, 0.717) is 5.82 Å². The second kappa shape index (κ2) is 2.66. The van der Waals surface area contributed by atoms with Gasteiger partial charge in [0, 0.05) is 0 Å². The molecule has 7 heteroatoms. The monoisotopic (exact) mass is 194 g/mol. The van der Waals surface area contributed by atoms with Gasteiger partial charge in [0.2, 0.25) is 0 Å². The van der Waals surface area contributed by atoms with Crippen LogP contribution in [-0.4, -0.2) is 19.9 Å². The largest absolute Gasteiger partial charge is 0.315 e. The molecule has 0 atom stereocenters. The first-order valence-corrected chi connectivity index (χ1v) is 3.81. The Kier molecular flexibility index (Phi) is 1.60. The summed E-state index contributed by atoms with van der Waals surface area (Å²) in [7, 11) is 0. The summed E-state index contributed by atoms with van der Waals surface area (Å²) in [5.74, 6) is 0.366. The molecule has 0 unspecified atom stereocenters. The van der Waals surface area contributed by atoms with Gasteiger partial charge in [-0.05, 0) is 6.92 Å². The zero-order valence-electron chi connectivity index (χ0n) is 7.17. The fourth-order valence-electron chi connectivity index (χ4n) is 1.13. The smallest absolute Gasteiger partial charge is 0.310 e. The average molecular weight is 194 g/mol. The van der Waals surface area contributed by atoms with Gasteiger partial charge in [-0.1, -0.05) is 0 Å². The van der Waals surface area contributed by atoms with E-state index in [0.717, 1.165) is 0 Å². The standard InChI is InChI=1S/C7H6N4O3/c1-2-8-4-3(5(12)9-2)10-6(13)7(14)11-4/h1H3,(H,10,13)(H2,8,9,11,12,14).